The van der Waals surface area contributed by atoms with E-state index >= 15 is 0 Å². The summed E-state index contributed by atoms with van der Waals surface area (Å²) in [5.41, 5.74) is 5.86. The molecule has 3 N–H and O–H groups in total. The van der Waals surface area contributed by atoms with Crippen LogP contribution in [0, 0.1) is 12.7 Å². The lowest BCUT2D eigenvalue weighted by molar-refractivity contribution is -0.157. The lowest BCUT2D eigenvalue weighted by Gasteiger charge is -2.22. The highest BCUT2D eigenvalue weighted by Crippen LogP contribution is 2.41. The van der Waals surface area contributed by atoms with Crippen molar-refractivity contribution in [3.63, 3.8) is 0 Å². The first-order valence-electron chi connectivity index (χ1n) is 12.3. The van der Waals surface area contributed by atoms with E-state index in [1.54, 1.807) is 24.6 Å². The van der Waals surface area contributed by atoms with E-state index in [1.807, 2.05) is 13.8 Å². The molecular formula is C27H30FN3O5S. The molecule has 6 rings (SSSR count). The van der Waals surface area contributed by atoms with Crippen molar-refractivity contribution in [2.24, 2.45) is 0 Å². The highest BCUT2D eigenvalue weighted by atomic mass is 32.1. The van der Waals surface area contributed by atoms with Crippen molar-refractivity contribution in [2.75, 3.05) is 13.7 Å². The normalized spacial score (nSPS) is 16.3. The van der Waals surface area contributed by atoms with E-state index in [4.69, 9.17) is 14.8 Å². The number of ether oxygens (including phenoxy) is 1. The average Bonchev–Trinajstić information content (AvgIpc) is 3.29. The molecule has 3 aromatic rings. The third-order valence-corrected chi connectivity index (χ3v) is 7.30. The van der Waals surface area contributed by atoms with Crippen LogP contribution in [-0.2, 0) is 35.5 Å². The molecule has 0 saturated heterocycles. The highest BCUT2D eigenvalue weighted by Gasteiger charge is 2.35. The fraction of sp³-hybridized carbons (Fsp3) is 0.407. The minimum Gasteiger partial charge on any atom is -0.458 e. The Kier molecular flexibility index (Phi) is 7.72. The van der Waals surface area contributed by atoms with Crippen molar-refractivity contribution in [1.29, 1.82) is 0 Å². The van der Waals surface area contributed by atoms with Gasteiger partial charge in [-0.05, 0) is 48.9 Å². The Labute approximate surface area is 219 Å². The van der Waals surface area contributed by atoms with Crippen LogP contribution < -0.4 is 10.9 Å². The summed E-state index contributed by atoms with van der Waals surface area (Å²) in [4.78, 5) is 30.1. The first-order chi connectivity index (χ1) is 17.8. The molecule has 10 heteroatoms. The van der Waals surface area contributed by atoms with Gasteiger partial charge in [0.2, 0.25) is 0 Å². The van der Waals surface area contributed by atoms with Gasteiger partial charge >= 0.3 is 5.97 Å². The van der Waals surface area contributed by atoms with Gasteiger partial charge in [0.25, 0.3) is 5.56 Å². The van der Waals surface area contributed by atoms with Crippen LogP contribution in [0.15, 0.2) is 16.9 Å². The van der Waals surface area contributed by atoms with Crippen LogP contribution in [0.2, 0.25) is 0 Å². The molecule has 0 saturated carbocycles. The molecule has 1 aliphatic carbocycles. The summed E-state index contributed by atoms with van der Waals surface area (Å²) in [6.45, 7) is 6.00. The molecule has 0 spiro atoms. The van der Waals surface area contributed by atoms with Crippen LogP contribution in [0.4, 0.5) is 4.39 Å². The average molecular weight is 528 g/mol. The van der Waals surface area contributed by atoms with E-state index < -0.39 is 12.1 Å². The minimum absolute atomic E-state index is 0.0498. The topological polar surface area (TPSA) is 114 Å². The molecule has 0 radical (unpaired) electrons. The predicted molar refractivity (Wildman–Crippen MR) is 142 cm³/mol. The molecule has 2 aromatic heterocycles. The summed E-state index contributed by atoms with van der Waals surface area (Å²) in [7, 11) is 1.68. The van der Waals surface area contributed by atoms with Crippen LogP contribution in [0.5, 0.6) is 0 Å². The number of pyridine rings is 2. The standard InChI is InChI=1S/C22H17FN2O4.C3H7NOS.C2H6/c1-9-10-3-2-4-11-13-7-25-17(19(13)24-16(18(10)11)6-15(9)23)5-12-14(21(25)27)8-29-22(28)20(12)26;1-4-3(6)2-5;1-2/h5-6,20,26H,2-4,7-8H2,1H3;5H,2H2,1H3,(H,4,6);1-2H3. The van der Waals surface area contributed by atoms with Crippen LogP contribution in [0.25, 0.3) is 22.3 Å². The lowest BCUT2D eigenvalue weighted by Crippen LogP contribution is -2.32. The number of aliphatic hydroxyl groups excluding tert-OH is 2. The lowest BCUT2D eigenvalue weighted by atomic mass is 9.85. The van der Waals surface area contributed by atoms with Crippen molar-refractivity contribution in [2.45, 2.75) is 59.3 Å². The quantitative estimate of drug-likeness (QED) is 0.256. The maximum absolute atomic E-state index is 14.5. The van der Waals surface area contributed by atoms with Crippen molar-refractivity contribution in [3.8, 4) is 11.4 Å². The van der Waals surface area contributed by atoms with E-state index in [0.717, 1.165) is 41.3 Å². The Bertz CT molecular complexity index is 1480. The second-order valence-corrected chi connectivity index (χ2v) is 9.32. The molecule has 4 heterocycles. The Morgan fingerprint density at radius 2 is 1.92 bits per heavy atom. The van der Waals surface area contributed by atoms with E-state index in [9.17, 15) is 19.1 Å². The third kappa shape index (κ3) is 4.43. The van der Waals surface area contributed by atoms with Gasteiger partial charge in [-0.25, -0.2) is 14.2 Å². The molecule has 0 bridgehead atoms. The number of carbonyl (C=O) groups is 1. The number of likely N-dealkylation sites (N-methyl/N-ethyl adjacent to an activating group) is 1. The number of hydrogen-bond acceptors (Lipinski definition) is 7. The number of aromatic nitrogens is 2. The number of carbonyl (C=O) groups excluding carboxylic acids is 1. The smallest absolute Gasteiger partial charge is 0.340 e. The minimum atomic E-state index is -1.48. The van der Waals surface area contributed by atoms with Crippen LogP contribution in [0.1, 0.15) is 59.8 Å². The zero-order chi connectivity index (χ0) is 27.0. The van der Waals surface area contributed by atoms with Crippen LogP contribution in [-0.4, -0.2) is 44.4 Å². The fourth-order valence-corrected chi connectivity index (χ4v) is 5.14. The monoisotopic (exact) mass is 527 g/mol. The number of thiocarbonyl (C=S) groups is 1. The van der Waals surface area contributed by atoms with Gasteiger partial charge in [-0.15, -0.1) is 0 Å². The Morgan fingerprint density at radius 1 is 1.22 bits per heavy atom. The highest BCUT2D eigenvalue weighted by molar-refractivity contribution is 7.80. The van der Waals surface area contributed by atoms with Gasteiger partial charge in [-0.2, -0.15) is 0 Å². The van der Waals surface area contributed by atoms with Crippen molar-refractivity contribution in [1.82, 2.24) is 14.9 Å². The summed E-state index contributed by atoms with van der Waals surface area (Å²) in [6, 6.07) is 3.13. The molecule has 1 atom stereocenters. The van der Waals surface area contributed by atoms with Gasteiger partial charge in [0.15, 0.2) is 6.10 Å². The molecule has 0 amide bonds. The van der Waals surface area contributed by atoms with E-state index in [0.29, 0.717) is 39.6 Å². The summed E-state index contributed by atoms with van der Waals surface area (Å²) in [6.07, 6.45) is 1.12. The fourth-order valence-electron chi connectivity index (χ4n) is 5.14. The molecule has 196 valence electrons. The number of benzene rings is 1. The molecule has 37 heavy (non-hydrogen) atoms. The number of hydrogen-bond donors (Lipinski definition) is 3. The second kappa shape index (κ2) is 10.6. The summed E-state index contributed by atoms with van der Waals surface area (Å²) in [5.74, 6) is -1.03. The number of cyclic esters (lactones) is 1. The van der Waals surface area contributed by atoms with Crippen LogP contribution >= 0.6 is 12.2 Å². The Morgan fingerprint density at radius 3 is 2.57 bits per heavy atom. The van der Waals surface area contributed by atoms with Gasteiger partial charge in [0, 0.05) is 29.6 Å². The maximum Gasteiger partial charge on any atom is 0.340 e. The van der Waals surface area contributed by atoms with Gasteiger partial charge < -0.3 is 24.8 Å². The van der Waals surface area contributed by atoms with Crippen LogP contribution in [0.3, 0.4) is 0 Å². The van der Waals surface area contributed by atoms with Crippen molar-refractivity contribution in [3.05, 3.63) is 61.7 Å². The first kappa shape index (κ1) is 26.8. The SMILES string of the molecule is CC.CNC(=S)CO.Cc1c(F)cc2nc3c(c4c2c1CCC4)Cn1c-3cc2c(c1=O)COC(=O)C2O. The third-order valence-electron chi connectivity index (χ3n) is 6.96. The maximum atomic E-state index is 14.5. The number of aliphatic hydroxyl groups is 2. The van der Waals surface area contributed by atoms with Gasteiger partial charge in [-0.3, -0.25) is 4.79 Å². The number of fused-ring (bicyclic) bond motifs is 5. The molecule has 1 unspecified atom stereocenters. The number of nitrogens with zero attached hydrogens (tertiary/aromatic N) is 2. The molecule has 0 fully saturated rings. The number of nitrogens with one attached hydrogen (secondary N) is 1. The molecule has 3 aliphatic rings. The Balaban J connectivity index is 0.000000355. The van der Waals surface area contributed by atoms with Crippen molar-refractivity contribution < 1.29 is 24.1 Å². The second-order valence-electron chi connectivity index (χ2n) is 8.82. The van der Waals surface area contributed by atoms with Gasteiger partial charge in [0.1, 0.15) is 17.4 Å². The summed E-state index contributed by atoms with van der Waals surface area (Å²) in [5, 5.41) is 22.0. The van der Waals surface area contributed by atoms with Gasteiger partial charge in [-0.1, -0.05) is 26.1 Å². The van der Waals surface area contributed by atoms with E-state index in [-0.39, 0.29) is 30.2 Å². The molecule has 2 aliphatic heterocycles. The number of rotatable bonds is 1. The summed E-state index contributed by atoms with van der Waals surface area (Å²) < 4.78 is 21.1. The van der Waals surface area contributed by atoms with E-state index in [2.05, 4.69) is 17.5 Å². The largest absolute Gasteiger partial charge is 0.458 e. The van der Waals surface area contributed by atoms with Gasteiger partial charge in [0.05, 0.1) is 35.6 Å². The Hall–Kier alpha value is -3.21. The molecular weight excluding hydrogens is 497 g/mol. The molecule has 1 aromatic carbocycles. The molecule has 8 nitrogen and oxygen atoms in total. The zero-order valence-electron chi connectivity index (χ0n) is 21.3. The van der Waals surface area contributed by atoms with Crippen molar-refractivity contribution >= 4 is 34.1 Å². The summed E-state index contributed by atoms with van der Waals surface area (Å²) >= 11 is 4.50. The number of halogens is 1. The number of aryl methyl sites for hydroxylation is 2. The number of esters is 1. The van der Waals surface area contributed by atoms with E-state index in [1.165, 1.54) is 6.07 Å². The predicted octanol–water partition coefficient (Wildman–Crippen LogP) is 3.00. The first-order valence-corrected chi connectivity index (χ1v) is 12.7. The zero-order valence-corrected chi connectivity index (χ0v) is 22.1.